The third-order valence-corrected chi connectivity index (χ3v) is 6.74. The number of rotatable bonds is 4. The fourth-order valence-electron chi connectivity index (χ4n) is 5.37. The third kappa shape index (κ3) is 3.60. The number of Topliss-reactive ketones (excluding diaryl/α,β-unsaturated/α-hetero) is 1. The van der Waals surface area contributed by atoms with Gasteiger partial charge in [-0.1, -0.05) is 44.2 Å². The molecule has 3 aromatic carbocycles. The summed E-state index contributed by atoms with van der Waals surface area (Å²) in [5.74, 6) is -0.199. The van der Waals surface area contributed by atoms with Crippen LogP contribution in [0.2, 0.25) is 0 Å². The van der Waals surface area contributed by atoms with Crippen molar-refractivity contribution in [2.75, 3.05) is 12.4 Å². The van der Waals surface area contributed by atoms with Crippen LogP contribution in [0.3, 0.4) is 0 Å². The number of nitrogens with zero attached hydrogens (tertiary/aromatic N) is 2. The number of carbonyl (C=O) groups excluding carboxylic acids is 1. The van der Waals surface area contributed by atoms with Crippen LogP contribution in [-0.4, -0.2) is 22.7 Å². The Bertz CT molecular complexity index is 1470. The molecule has 0 amide bonds. The number of nitro groups is 2. The Morgan fingerprint density at radius 3 is 2.46 bits per heavy atom. The van der Waals surface area contributed by atoms with Crippen molar-refractivity contribution in [3.05, 3.63) is 85.5 Å². The molecule has 0 aromatic heterocycles. The van der Waals surface area contributed by atoms with Crippen LogP contribution >= 0.6 is 0 Å². The molecule has 1 atom stereocenters. The standard InChI is InChI=1S/C26H23N3O6/c1-26(2)12-18-22-16-7-5-4-6-14(16)8-9-19(22)27-24(23(18)21(30)13-26)17-10-15(28(31)32)11-20(29(33)34)25(17)35-3/h4-11,24,27H,12-13H2,1-3H3/t24-/m0/s1. The SMILES string of the molecule is COc1c([C@@H]2Nc3ccc4ccccc4c3C3=C2C(=O)CC(C)(C)C3)cc([N+](=O)[O-])cc1[N+](=O)[O-]. The van der Waals surface area contributed by atoms with E-state index in [4.69, 9.17) is 4.74 Å². The minimum Gasteiger partial charge on any atom is -0.490 e. The number of ether oxygens (including phenoxy) is 1. The lowest BCUT2D eigenvalue weighted by atomic mass is 9.67. The van der Waals surface area contributed by atoms with E-state index in [0.29, 0.717) is 18.4 Å². The molecule has 3 aromatic rings. The number of fused-ring (bicyclic) bond motifs is 4. The summed E-state index contributed by atoms with van der Waals surface area (Å²) in [5, 5.41) is 28.8. The van der Waals surface area contributed by atoms with E-state index in [1.165, 1.54) is 13.2 Å². The quantitative estimate of drug-likeness (QED) is 0.365. The number of allylic oxidation sites excluding steroid dienone is 1. The summed E-state index contributed by atoms with van der Waals surface area (Å²) in [6.07, 6.45) is 0.913. The molecule has 2 aliphatic rings. The largest absolute Gasteiger partial charge is 0.490 e. The van der Waals surface area contributed by atoms with Gasteiger partial charge in [-0.2, -0.15) is 0 Å². The van der Waals surface area contributed by atoms with Crippen molar-refractivity contribution in [2.24, 2.45) is 5.41 Å². The summed E-state index contributed by atoms with van der Waals surface area (Å²) in [5.41, 5.74) is 1.96. The predicted molar refractivity (Wildman–Crippen MR) is 132 cm³/mol. The Morgan fingerprint density at radius 1 is 1.03 bits per heavy atom. The lowest BCUT2D eigenvalue weighted by molar-refractivity contribution is -0.394. The van der Waals surface area contributed by atoms with Crippen molar-refractivity contribution >= 4 is 39.2 Å². The van der Waals surface area contributed by atoms with Crippen LogP contribution in [0.4, 0.5) is 17.1 Å². The number of methoxy groups -OCH3 is 1. The Balaban J connectivity index is 1.84. The molecule has 0 saturated carbocycles. The van der Waals surface area contributed by atoms with E-state index >= 15 is 0 Å². The lowest BCUT2D eigenvalue weighted by Crippen LogP contribution is -2.33. The molecule has 0 bridgehead atoms. The summed E-state index contributed by atoms with van der Waals surface area (Å²) in [6, 6.07) is 13.1. The maximum atomic E-state index is 13.6. The second kappa shape index (κ2) is 7.90. The molecule has 1 heterocycles. The fraction of sp³-hybridized carbons (Fsp3) is 0.269. The van der Waals surface area contributed by atoms with E-state index in [0.717, 1.165) is 33.7 Å². The van der Waals surface area contributed by atoms with Crippen molar-refractivity contribution in [1.29, 1.82) is 0 Å². The summed E-state index contributed by atoms with van der Waals surface area (Å²) in [7, 11) is 1.28. The van der Waals surface area contributed by atoms with E-state index in [1.807, 2.05) is 50.2 Å². The highest BCUT2D eigenvalue weighted by molar-refractivity contribution is 6.13. The lowest BCUT2D eigenvalue weighted by Gasteiger charge is -2.40. The number of nitrogens with one attached hydrogen (secondary N) is 1. The number of non-ortho nitro benzene ring substituents is 1. The molecule has 9 heteroatoms. The highest BCUT2D eigenvalue weighted by Gasteiger charge is 2.43. The summed E-state index contributed by atoms with van der Waals surface area (Å²) in [4.78, 5) is 35.6. The van der Waals surface area contributed by atoms with Gasteiger partial charge in [0, 0.05) is 34.9 Å². The molecule has 178 valence electrons. The molecule has 35 heavy (non-hydrogen) atoms. The van der Waals surface area contributed by atoms with Crippen molar-refractivity contribution in [1.82, 2.24) is 0 Å². The molecule has 1 aliphatic heterocycles. The number of ketones is 1. The zero-order valence-electron chi connectivity index (χ0n) is 19.5. The minimum atomic E-state index is -0.837. The van der Waals surface area contributed by atoms with Crippen molar-refractivity contribution in [2.45, 2.75) is 32.7 Å². The van der Waals surface area contributed by atoms with Crippen molar-refractivity contribution < 1.29 is 19.4 Å². The van der Waals surface area contributed by atoms with Gasteiger partial charge in [0.1, 0.15) is 0 Å². The van der Waals surface area contributed by atoms with Gasteiger partial charge in [-0.15, -0.1) is 0 Å². The normalized spacial score (nSPS) is 18.5. The van der Waals surface area contributed by atoms with Crippen molar-refractivity contribution in [3.63, 3.8) is 0 Å². The zero-order chi connectivity index (χ0) is 25.1. The van der Waals surface area contributed by atoms with Gasteiger partial charge in [-0.05, 0) is 34.2 Å². The van der Waals surface area contributed by atoms with E-state index < -0.39 is 27.3 Å². The molecule has 1 N–H and O–H groups in total. The van der Waals surface area contributed by atoms with Crippen molar-refractivity contribution in [3.8, 4) is 5.75 Å². The summed E-state index contributed by atoms with van der Waals surface area (Å²) >= 11 is 0. The van der Waals surface area contributed by atoms with Crippen LogP contribution in [0.5, 0.6) is 5.75 Å². The van der Waals surface area contributed by atoms with Gasteiger partial charge >= 0.3 is 5.69 Å². The zero-order valence-corrected chi connectivity index (χ0v) is 19.5. The number of anilines is 1. The Labute approximate surface area is 200 Å². The van der Waals surface area contributed by atoms with Crippen LogP contribution in [0.1, 0.15) is 43.9 Å². The smallest absolute Gasteiger partial charge is 0.318 e. The van der Waals surface area contributed by atoms with Crippen LogP contribution in [-0.2, 0) is 4.79 Å². The second-order valence-corrected chi connectivity index (χ2v) is 9.72. The number of nitro benzene ring substituents is 2. The molecule has 0 spiro atoms. The molecule has 0 saturated heterocycles. The second-order valence-electron chi connectivity index (χ2n) is 9.72. The number of hydrogen-bond acceptors (Lipinski definition) is 7. The Morgan fingerprint density at radius 2 is 1.77 bits per heavy atom. The van der Waals surface area contributed by atoms with Crippen LogP contribution in [0.25, 0.3) is 16.3 Å². The average Bonchev–Trinajstić information content (AvgIpc) is 2.81. The highest BCUT2D eigenvalue weighted by Crippen LogP contribution is 2.54. The van der Waals surface area contributed by atoms with Gasteiger partial charge in [0.25, 0.3) is 5.69 Å². The van der Waals surface area contributed by atoms with E-state index in [2.05, 4.69) is 5.32 Å². The maximum Gasteiger partial charge on any atom is 0.318 e. The number of carbonyl (C=O) groups is 1. The van der Waals surface area contributed by atoms with Crippen LogP contribution in [0.15, 0.2) is 54.1 Å². The monoisotopic (exact) mass is 473 g/mol. The molecular formula is C26H23N3O6. The van der Waals surface area contributed by atoms with Gasteiger partial charge in [0.2, 0.25) is 5.75 Å². The molecule has 0 fully saturated rings. The number of benzene rings is 3. The van der Waals surface area contributed by atoms with Gasteiger partial charge in [-0.25, -0.2) is 0 Å². The Kier molecular flexibility index (Phi) is 5.08. The van der Waals surface area contributed by atoms with Crippen LogP contribution in [0, 0.1) is 25.6 Å². The van der Waals surface area contributed by atoms with Gasteiger partial charge in [0.15, 0.2) is 5.78 Å². The van der Waals surface area contributed by atoms with Gasteiger partial charge in [0.05, 0.1) is 29.1 Å². The summed E-state index contributed by atoms with van der Waals surface area (Å²) < 4.78 is 5.40. The van der Waals surface area contributed by atoms with E-state index in [-0.39, 0.29) is 22.5 Å². The van der Waals surface area contributed by atoms with Crippen LogP contribution < -0.4 is 10.1 Å². The minimum absolute atomic E-state index is 0.0939. The predicted octanol–water partition coefficient (Wildman–Crippen LogP) is 5.97. The molecule has 0 unspecified atom stereocenters. The van der Waals surface area contributed by atoms with Gasteiger partial charge < -0.3 is 10.1 Å². The molecular weight excluding hydrogens is 450 g/mol. The topological polar surface area (TPSA) is 125 Å². The van der Waals surface area contributed by atoms with E-state index in [9.17, 15) is 25.0 Å². The Hall–Kier alpha value is -4.27. The first-order valence-corrected chi connectivity index (χ1v) is 11.2. The third-order valence-electron chi connectivity index (χ3n) is 6.74. The molecule has 0 radical (unpaired) electrons. The molecule has 1 aliphatic carbocycles. The fourth-order valence-corrected chi connectivity index (χ4v) is 5.37. The van der Waals surface area contributed by atoms with E-state index in [1.54, 1.807) is 0 Å². The maximum absolute atomic E-state index is 13.6. The average molecular weight is 473 g/mol. The number of hydrogen-bond donors (Lipinski definition) is 1. The highest BCUT2D eigenvalue weighted by atomic mass is 16.6. The molecule has 9 nitrogen and oxygen atoms in total. The summed E-state index contributed by atoms with van der Waals surface area (Å²) in [6.45, 7) is 4.07. The first-order chi connectivity index (χ1) is 16.6. The first-order valence-electron chi connectivity index (χ1n) is 11.2. The first kappa shape index (κ1) is 22.5. The van der Waals surface area contributed by atoms with Gasteiger partial charge in [-0.3, -0.25) is 25.0 Å². The molecule has 5 rings (SSSR count).